The fraction of sp³-hybridized carbons (Fsp3) is 0.333. The molecule has 0 spiro atoms. The van der Waals surface area contributed by atoms with Crippen LogP contribution in [0.3, 0.4) is 0 Å². The molecule has 19 heavy (non-hydrogen) atoms. The van der Waals surface area contributed by atoms with Crippen molar-refractivity contribution in [1.29, 1.82) is 0 Å². The average molecular weight is 283 g/mol. The highest BCUT2D eigenvalue weighted by atomic mass is 35.5. The molecular weight excluding hydrogens is 268 g/mol. The van der Waals surface area contributed by atoms with E-state index in [-0.39, 0.29) is 18.4 Å². The first-order chi connectivity index (χ1) is 8.72. The van der Waals surface area contributed by atoms with Crippen LogP contribution in [0.15, 0.2) is 24.3 Å². The van der Waals surface area contributed by atoms with Gasteiger partial charge in [-0.05, 0) is 18.6 Å². The van der Waals surface area contributed by atoms with Crippen molar-refractivity contribution in [3.8, 4) is 0 Å². The lowest BCUT2D eigenvalue weighted by Gasteiger charge is -2.12. The van der Waals surface area contributed by atoms with Crippen molar-refractivity contribution in [2.45, 2.75) is 12.5 Å². The lowest BCUT2D eigenvalue weighted by Crippen LogP contribution is -2.30. The van der Waals surface area contributed by atoms with Crippen LogP contribution in [0.25, 0.3) is 11.0 Å². The van der Waals surface area contributed by atoms with Gasteiger partial charge < -0.3 is 20.3 Å². The van der Waals surface area contributed by atoms with Crippen molar-refractivity contribution in [3.63, 3.8) is 0 Å². The molecule has 3 rings (SSSR count). The minimum Gasteiger partial charge on any atom is -0.465 e. The SMILES string of the molecule is Cl.O=C(O)N1CCC(Nc2nc3ccccc3[nH]2)C1. The number of aromatic nitrogens is 2. The lowest BCUT2D eigenvalue weighted by atomic mass is 10.3. The largest absolute Gasteiger partial charge is 0.465 e. The third-order valence-electron chi connectivity index (χ3n) is 3.19. The molecule has 0 aliphatic carbocycles. The number of benzene rings is 1. The Bertz CT molecular complexity index is 553. The van der Waals surface area contributed by atoms with Crippen LogP contribution in [-0.4, -0.2) is 45.2 Å². The van der Waals surface area contributed by atoms with Gasteiger partial charge in [-0.1, -0.05) is 12.1 Å². The molecule has 6 nitrogen and oxygen atoms in total. The molecule has 1 unspecified atom stereocenters. The molecule has 1 aliphatic heterocycles. The van der Waals surface area contributed by atoms with Crippen LogP contribution in [0.4, 0.5) is 10.7 Å². The first-order valence-electron chi connectivity index (χ1n) is 5.91. The minimum absolute atomic E-state index is 0. The molecule has 1 saturated heterocycles. The summed E-state index contributed by atoms with van der Waals surface area (Å²) < 4.78 is 0. The highest BCUT2D eigenvalue weighted by Crippen LogP contribution is 2.17. The summed E-state index contributed by atoms with van der Waals surface area (Å²) in [6, 6.07) is 7.92. The van der Waals surface area contributed by atoms with Gasteiger partial charge in [0, 0.05) is 19.1 Å². The standard InChI is InChI=1S/C12H14N4O2.ClH/c17-12(18)16-6-5-8(7-16)13-11-14-9-3-1-2-4-10(9)15-11;/h1-4,8H,5-7H2,(H,17,18)(H2,13,14,15);1H. The predicted molar refractivity (Wildman–Crippen MR) is 75.0 cm³/mol. The second-order valence-corrected chi connectivity index (χ2v) is 4.46. The van der Waals surface area contributed by atoms with Crippen molar-refractivity contribution in [2.24, 2.45) is 0 Å². The number of nitrogens with zero attached hydrogens (tertiary/aromatic N) is 2. The summed E-state index contributed by atoms with van der Waals surface area (Å²) >= 11 is 0. The molecule has 0 radical (unpaired) electrons. The summed E-state index contributed by atoms with van der Waals surface area (Å²) in [6.07, 6.45) is -0.0486. The number of H-pyrrole nitrogens is 1. The van der Waals surface area contributed by atoms with Crippen molar-refractivity contribution in [2.75, 3.05) is 18.4 Å². The van der Waals surface area contributed by atoms with E-state index < -0.39 is 6.09 Å². The number of hydrogen-bond acceptors (Lipinski definition) is 3. The molecule has 1 aromatic carbocycles. The van der Waals surface area contributed by atoms with Crippen LogP contribution in [-0.2, 0) is 0 Å². The second-order valence-electron chi connectivity index (χ2n) is 4.46. The number of amides is 1. The Kier molecular flexibility index (Phi) is 3.80. The third-order valence-corrected chi connectivity index (χ3v) is 3.19. The van der Waals surface area contributed by atoms with E-state index in [9.17, 15) is 4.79 Å². The second kappa shape index (κ2) is 5.36. The van der Waals surface area contributed by atoms with Gasteiger partial charge in [0.05, 0.1) is 11.0 Å². The van der Waals surface area contributed by atoms with Crippen LogP contribution in [0.5, 0.6) is 0 Å². The maximum Gasteiger partial charge on any atom is 0.407 e. The van der Waals surface area contributed by atoms with E-state index in [1.54, 1.807) is 0 Å². The average Bonchev–Trinajstić information content (AvgIpc) is 2.94. The summed E-state index contributed by atoms with van der Waals surface area (Å²) in [4.78, 5) is 19.8. The number of rotatable bonds is 2. The van der Waals surface area contributed by atoms with Crippen molar-refractivity contribution >= 4 is 35.5 Å². The number of carboxylic acid groups (broad SMARTS) is 1. The molecule has 1 aliphatic rings. The first kappa shape index (κ1) is 13.5. The summed E-state index contributed by atoms with van der Waals surface area (Å²) in [7, 11) is 0. The molecule has 2 heterocycles. The van der Waals surface area contributed by atoms with Gasteiger partial charge in [-0.15, -0.1) is 12.4 Å². The van der Waals surface area contributed by atoms with E-state index in [4.69, 9.17) is 5.11 Å². The molecule has 1 amide bonds. The third kappa shape index (κ3) is 2.73. The summed E-state index contributed by atoms with van der Waals surface area (Å²) in [5.41, 5.74) is 1.89. The Morgan fingerprint density at radius 1 is 1.47 bits per heavy atom. The molecule has 0 bridgehead atoms. The highest BCUT2D eigenvalue weighted by molar-refractivity contribution is 5.85. The van der Waals surface area contributed by atoms with Crippen LogP contribution >= 0.6 is 12.4 Å². The number of aromatic amines is 1. The monoisotopic (exact) mass is 282 g/mol. The number of hydrogen-bond donors (Lipinski definition) is 3. The van der Waals surface area contributed by atoms with Gasteiger partial charge >= 0.3 is 6.09 Å². The van der Waals surface area contributed by atoms with Crippen molar-refractivity contribution in [3.05, 3.63) is 24.3 Å². The van der Waals surface area contributed by atoms with Gasteiger partial charge in [-0.25, -0.2) is 9.78 Å². The number of anilines is 1. The fourth-order valence-corrected chi connectivity index (χ4v) is 2.27. The normalized spacial score (nSPS) is 18.3. The number of carbonyl (C=O) groups is 1. The number of para-hydroxylation sites is 2. The smallest absolute Gasteiger partial charge is 0.407 e. The number of imidazole rings is 1. The topological polar surface area (TPSA) is 81.2 Å². The zero-order valence-corrected chi connectivity index (χ0v) is 11.0. The van der Waals surface area contributed by atoms with E-state index >= 15 is 0 Å². The Labute approximate surface area is 116 Å². The van der Waals surface area contributed by atoms with Gasteiger partial charge in [0.15, 0.2) is 0 Å². The Balaban J connectivity index is 0.00000133. The Morgan fingerprint density at radius 2 is 2.26 bits per heavy atom. The molecule has 102 valence electrons. The number of halogens is 1. The predicted octanol–water partition coefficient (Wildman–Crippen LogP) is 2.15. The van der Waals surface area contributed by atoms with E-state index in [1.165, 1.54) is 4.90 Å². The molecule has 0 saturated carbocycles. The minimum atomic E-state index is -0.857. The van der Waals surface area contributed by atoms with Gasteiger partial charge in [0.25, 0.3) is 0 Å². The summed E-state index contributed by atoms with van der Waals surface area (Å²) in [5.74, 6) is 0.702. The molecular formula is C12H15ClN4O2. The molecule has 7 heteroatoms. The quantitative estimate of drug-likeness (QED) is 0.788. The number of likely N-dealkylation sites (tertiary alicyclic amines) is 1. The zero-order chi connectivity index (χ0) is 12.5. The molecule has 1 atom stereocenters. The number of nitrogens with one attached hydrogen (secondary N) is 2. The number of fused-ring (bicyclic) bond motifs is 1. The Hall–Kier alpha value is -1.95. The van der Waals surface area contributed by atoms with E-state index in [0.717, 1.165) is 17.5 Å². The zero-order valence-electron chi connectivity index (χ0n) is 10.2. The van der Waals surface area contributed by atoms with Crippen molar-refractivity contribution < 1.29 is 9.90 Å². The van der Waals surface area contributed by atoms with Crippen LogP contribution in [0.1, 0.15) is 6.42 Å². The lowest BCUT2D eigenvalue weighted by molar-refractivity contribution is 0.155. The molecule has 1 fully saturated rings. The molecule has 2 aromatic rings. The van der Waals surface area contributed by atoms with Gasteiger partial charge in [0.2, 0.25) is 5.95 Å². The first-order valence-corrected chi connectivity index (χ1v) is 5.91. The highest BCUT2D eigenvalue weighted by Gasteiger charge is 2.26. The van der Waals surface area contributed by atoms with Crippen LogP contribution in [0, 0.1) is 0 Å². The van der Waals surface area contributed by atoms with Crippen LogP contribution in [0.2, 0.25) is 0 Å². The van der Waals surface area contributed by atoms with E-state index in [0.29, 0.717) is 19.0 Å². The Morgan fingerprint density at radius 3 is 2.95 bits per heavy atom. The molecule has 3 N–H and O–H groups in total. The summed E-state index contributed by atoms with van der Waals surface area (Å²) in [6.45, 7) is 1.08. The van der Waals surface area contributed by atoms with E-state index in [1.807, 2.05) is 24.3 Å². The van der Waals surface area contributed by atoms with Crippen LogP contribution < -0.4 is 5.32 Å². The van der Waals surface area contributed by atoms with E-state index in [2.05, 4.69) is 15.3 Å². The fourth-order valence-electron chi connectivity index (χ4n) is 2.27. The van der Waals surface area contributed by atoms with Gasteiger partial charge in [0.1, 0.15) is 0 Å². The maximum absolute atomic E-state index is 10.8. The maximum atomic E-state index is 10.8. The summed E-state index contributed by atoms with van der Waals surface area (Å²) in [5, 5.41) is 12.1. The molecule has 1 aromatic heterocycles. The van der Waals surface area contributed by atoms with Gasteiger partial charge in [-0.2, -0.15) is 0 Å². The van der Waals surface area contributed by atoms with Crippen molar-refractivity contribution in [1.82, 2.24) is 14.9 Å². The van der Waals surface area contributed by atoms with Gasteiger partial charge in [-0.3, -0.25) is 0 Å².